The van der Waals surface area contributed by atoms with Gasteiger partial charge in [0.15, 0.2) is 0 Å². The first-order valence-electron chi connectivity index (χ1n) is 5.91. The Hall–Kier alpha value is -0.830. The fourth-order valence-electron chi connectivity index (χ4n) is 1.99. The van der Waals surface area contributed by atoms with Crippen molar-refractivity contribution in [3.05, 3.63) is 30.3 Å². The molecule has 0 saturated heterocycles. The van der Waals surface area contributed by atoms with Crippen LogP contribution in [0, 0.1) is 0 Å². The first kappa shape index (κ1) is 12.6. The molecular formula is C12H17O4P. The molecule has 1 fully saturated rings. The van der Waals surface area contributed by atoms with Gasteiger partial charge in [-0.2, -0.15) is 0 Å². The number of para-hydroxylation sites is 1. The molecule has 17 heavy (non-hydrogen) atoms. The van der Waals surface area contributed by atoms with Crippen LogP contribution in [0.4, 0.5) is 0 Å². The largest absolute Gasteiger partial charge is 0.527 e. The molecule has 1 saturated carbocycles. The second-order valence-corrected chi connectivity index (χ2v) is 5.57. The van der Waals surface area contributed by atoms with E-state index in [0.29, 0.717) is 5.75 Å². The molecule has 1 unspecified atom stereocenters. The molecule has 0 aromatic heterocycles. The average molecular weight is 256 g/mol. The van der Waals surface area contributed by atoms with E-state index >= 15 is 0 Å². The van der Waals surface area contributed by atoms with Crippen molar-refractivity contribution in [3.8, 4) is 5.75 Å². The van der Waals surface area contributed by atoms with Gasteiger partial charge in [-0.3, -0.25) is 9.42 Å². The Bertz CT molecular complexity index is 387. The van der Waals surface area contributed by atoms with Gasteiger partial charge in [-0.15, -0.1) is 0 Å². The third-order valence-electron chi connectivity index (χ3n) is 2.80. The van der Waals surface area contributed by atoms with Gasteiger partial charge in [0.25, 0.3) is 0 Å². The lowest BCUT2D eigenvalue weighted by Crippen LogP contribution is -2.16. The van der Waals surface area contributed by atoms with Gasteiger partial charge in [0.05, 0.1) is 6.10 Å². The van der Waals surface area contributed by atoms with Crippen molar-refractivity contribution in [2.24, 2.45) is 0 Å². The molecule has 0 spiro atoms. The smallest absolute Gasteiger partial charge is 0.404 e. The minimum absolute atomic E-state index is 0.150. The monoisotopic (exact) mass is 256 g/mol. The van der Waals surface area contributed by atoms with Crippen LogP contribution >= 0.6 is 7.82 Å². The maximum atomic E-state index is 11.8. The highest BCUT2D eigenvalue weighted by Gasteiger charge is 2.28. The normalized spacial score (nSPS) is 20.8. The van der Waals surface area contributed by atoms with Crippen molar-refractivity contribution < 1.29 is 18.5 Å². The quantitative estimate of drug-likeness (QED) is 0.837. The number of hydrogen-bond acceptors (Lipinski definition) is 3. The van der Waals surface area contributed by atoms with Crippen molar-refractivity contribution in [2.75, 3.05) is 0 Å². The van der Waals surface area contributed by atoms with Gasteiger partial charge >= 0.3 is 7.82 Å². The van der Waals surface area contributed by atoms with Crippen LogP contribution in [0.15, 0.2) is 30.3 Å². The molecule has 0 heterocycles. The molecular weight excluding hydrogens is 239 g/mol. The average Bonchev–Trinajstić information content (AvgIpc) is 2.30. The van der Waals surface area contributed by atoms with Crippen LogP contribution in [0.1, 0.15) is 32.1 Å². The van der Waals surface area contributed by atoms with Crippen molar-refractivity contribution in [1.29, 1.82) is 0 Å². The molecule has 1 aromatic rings. The van der Waals surface area contributed by atoms with Crippen LogP contribution in [0.25, 0.3) is 0 Å². The molecule has 1 N–H and O–H groups in total. The van der Waals surface area contributed by atoms with E-state index in [4.69, 9.17) is 9.05 Å². The Kier molecular flexibility index (Phi) is 4.21. The summed E-state index contributed by atoms with van der Waals surface area (Å²) in [6, 6.07) is 8.57. The van der Waals surface area contributed by atoms with E-state index in [-0.39, 0.29) is 6.10 Å². The summed E-state index contributed by atoms with van der Waals surface area (Å²) >= 11 is 0. The van der Waals surface area contributed by atoms with Gasteiger partial charge in [0.1, 0.15) is 5.75 Å². The highest BCUT2D eigenvalue weighted by atomic mass is 31.2. The standard InChI is InChI=1S/C12H17O4P/c13-17(14,15-11-7-3-1-4-8-11)16-12-9-5-2-6-10-12/h1,3-4,7-8,12H,2,5-6,9-10H2,(H,13,14). The van der Waals surface area contributed by atoms with E-state index in [1.54, 1.807) is 24.3 Å². The van der Waals surface area contributed by atoms with Crippen LogP contribution in [0.5, 0.6) is 5.75 Å². The summed E-state index contributed by atoms with van der Waals surface area (Å²) in [6.45, 7) is 0. The molecule has 2 rings (SSSR count). The summed E-state index contributed by atoms with van der Waals surface area (Å²) in [5.74, 6) is 0.356. The Morgan fingerprint density at radius 3 is 2.41 bits per heavy atom. The lowest BCUT2D eigenvalue weighted by molar-refractivity contribution is 0.108. The van der Waals surface area contributed by atoms with Gasteiger partial charge in [0, 0.05) is 0 Å². The molecule has 0 radical (unpaired) electrons. The molecule has 0 amide bonds. The lowest BCUT2D eigenvalue weighted by Gasteiger charge is -2.23. The topological polar surface area (TPSA) is 55.8 Å². The first-order chi connectivity index (χ1) is 8.16. The Labute approximate surface area is 101 Å². The predicted molar refractivity (Wildman–Crippen MR) is 64.9 cm³/mol. The van der Waals surface area contributed by atoms with Crippen molar-refractivity contribution >= 4 is 7.82 Å². The zero-order valence-corrected chi connectivity index (χ0v) is 10.5. The highest BCUT2D eigenvalue weighted by molar-refractivity contribution is 7.47. The summed E-state index contributed by atoms with van der Waals surface area (Å²) in [5, 5.41) is 0. The van der Waals surface area contributed by atoms with Gasteiger partial charge in [-0.1, -0.05) is 37.5 Å². The molecule has 1 atom stereocenters. The van der Waals surface area contributed by atoms with Crippen molar-refractivity contribution in [3.63, 3.8) is 0 Å². The van der Waals surface area contributed by atoms with Gasteiger partial charge in [-0.05, 0) is 25.0 Å². The summed E-state index contributed by atoms with van der Waals surface area (Å²) < 4.78 is 21.9. The van der Waals surface area contributed by atoms with Crippen LogP contribution < -0.4 is 4.52 Å². The minimum Gasteiger partial charge on any atom is -0.404 e. The van der Waals surface area contributed by atoms with Gasteiger partial charge in [0.2, 0.25) is 0 Å². The third-order valence-corrected chi connectivity index (χ3v) is 3.80. The number of rotatable bonds is 4. The van der Waals surface area contributed by atoms with E-state index in [1.807, 2.05) is 6.07 Å². The molecule has 5 heteroatoms. The summed E-state index contributed by atoms with van der Waals surface area (Å²) in [4.78, 5) is 9.63. The summed E-state index contributed by atoms with van der Waals surface area (Å²) in [6.07, 6.45) is 4.80. The van der Waals surface area contributed by atoms with Crippen LogP contribution in [0.2, 0.25) is 0 Å². The summed E-state index contributed by atoms with van der Waals surface area (Å²) in [5.41, 5.74) is 0. The number of phosphoric acid groups is 1. The minimum atomic E-state index is -3.98. The fraction of sp³-hybridized carbons (Fsp3) is 0.500. The number of benzene rings is 1. The van der Waals surface area contributed by atoms with E-state index in [0.717, 1.165) is 25.7 Å². The number of hydrogen-bond donors (Lipinski definition) is 1. The van der Waals surface area contributed by atoms with Crippen LogP contribution in [0.3, 0.4) is 0 Å². The molecule has 1 aliphatic carbocycles. The van der Waals surface area contributed by atoms with E-state index in [1.165, 1.54) is 6.42 Å². The van der Waals surface area contributed by atoms with Crippen LogP contribution in [-0.4, -0.2) is 11.0 Å². The highest BCUT2D eigenvalue weighted by Crippen LogP contribution is 2.46. The van der Waals surface area contributed by atoms with Gasteiger partial charge in [-0.25, -0.2) is 4.57 Å². The maximum absolute atomic E-state index is 11.8. The zero-order chi connectivity index (χ0) is 12.1. The molecule has 94 valence electrons. The van der Waals surface area contributed by atoms with Gasteiger partial charge < -0.3 is 4.52 Å². The second kappa shape index (κ2) is 5.67. The fourth-order valence-corrected chi connectivity index (χ4v) is 3.01. The molecule has 0 aliphatic heterocycles. The van der Waals surface area contributed by atoms with Crippen LogP contribution in [-0.2, 0) is 9.09 Å². The molecule has 0 bridgehead atoms. The van der Waals surface area contributed by atoms with Crippen molar-refractivity contribution in [1.82, 2.24) is 0 Å². The SMILES string of the molecule is O=P(O)(Oc1ccccc1)OC1CCCCC1. The molecule has 4 nitrogen and oxygen atoms in total. The van der Waals surface area contributed by atoms with E-state index < -0.39 is 7.82 Å². The van der Waals surface area contributed by atoms with E-state index in [9.17, 15) is 9.46 Å². The molecule has 1 aliphatic rings. The number of phosphoric ester groups is 1. The Balaban J connectivity index is 1.92. The van der Waals surface area contributed by atoms with E-state index in [2.05, 4.69) is 0 Å². The third kappa shape index (κ3) is 4.15. The second-order valence-electron chi connectivity index (χ2n) is 4.24. The molecule has 1 aromatic carbocycles. The predicted octanol–water partition coefficient (Wildman–Crippen LogP) is 3.52. The summed E-state index contributed by atoms with van der Waals surface area (Å²) in [7, 11) is -3.98. The first-order valence-corrected chi connectivity index (χ1v) is 7.41. The maximum Gasteiger partial charge on any atom is 0.527 e. The Morgan fingerprint density at radius 2 is 1.76 bits per heavy atom. The Morgan fingerprint density at radius 1 is 1.12 bits per heavy atom. The van der Waals surface area contributed by atoms with Crippen molar-refractivity contribution in [2.45, 2.75) is 38.2 Å². The lowest BCUT2D eigenvalue weighted by atomic mass is 9.98. The zero-order valence-electron chi connectivity index (χ0n) is 9.62.